The van der Waals surface area contributed by atoms with Crippen molar-refractivity contribution in [1.82, 2.24) is 10.6 Å². The van der Waals surface area contributed by atoms with Crippen molar-refractivity contribution in [3.63, 3.8) is 0 Å². The molecule has 2 N–H and O–H groups in total. The Balaban J connectivity index is 2.06. The van der Waals surface area contributed by atoms with Gasteiger partial charge in [0.25, 0.3) is 5.91 Å². The molecule has 1 saturated heterocycles. The van der Waals surface area contributed by atoms with Crippen LogP contribution in [0.1, 0.15) is 28.8 Å². The molecule has 17 heavy (non-hydrogen) atoms. The lowest BCUT2D eigenvalue weighted by Gasteiger charge is -2.24. The van der Waals surface area contributed by atoms with Crippen LogP contribution in [0.15, 0.2) is 22.7 Å². The third kappa shape index (κ3) is 3.07. The van der Waals surface area contributed by atoms with Gasteiger partial charge in [0.1, 0.15) is 0 Å². The van der Waals surface area contributed by atoms with Gasteiger partial charge in [-0.3, -0.25) is 4.79 Å². The van der Waals surface area contributed by atoms with Crippen LogP contribution in [0.2, 0.25) is 0 Å². The predicted octanol–water partition coefficient (Wildman–Crippen LogP) is 2.24. The Morgan fingerprint density at radius 2 is 2.35 bits per heavy atom. The van der Waals surface area contributed by atoms with Crippen LogP contribution in [0.5, 0.6) is 0 Å². The fraction of sp³-hybridized carbons (Fsp3) is 0.462. The Morgan fingerprint density at radius 3 is 3.06 bits per heavy atom. The summed E-state index contributed by atoms with van der Waals surface area (Å²) in [5.74, 6) is 0.0255. The maximum absolute atomic E-state index is 12.1. The van der Waals surface area contributed by atoms with Gasteiger partial charge in [-0.2, -0.15) is 0 Å². The molecule has 0 aromatic heterocycles. The van der Waals surface area contributed by atoms with Crippen LogP contribution in [0, 0.1) is 6.92 Å². The van der Waals surface area contributed by atoms with Gasteiger partial charge < -0.3 is 10.6 Å². The maximum Gasteiger partial charge on any atom is 0.251 e. The molecule has 0 saturated carbocycles. The fourth-order valence-electron chi connectivity index (χ4n) is 2.09. The fourth-order valence-corrected chi connectivity index (χ4v) is 2.46. The van der Waals surface area contributed by atoms with Crippen molar-refractivity contribution in [3.05, 3.63) is 33.8 Å². The van der Waals surface area contributed by atoms with Gasteiger partial charge in [-0.1, -0.05) is 22.0 Å². The highest BCUT2D eigenvalue weighted by Gasteiger charge is 2.17. The molecule has 1 aromatic rings. The summed E-state index contributed by atoms with van der Waals surface area (Å²) in [7, 11) is 0. The molecular weight excluding hydrogens is 280 g/mol. The maximum atomic E-state index is 12.1. The third-order valence-electron chi connectivity index (χ3n) is 3.14. The summed E-state index contributed by atoms with van der Waals surface area (Å²) in [4.78, 5) is 12.1. The summed E-state index contributed by atoms with van der Waals surface area (Å²) in [5, 5.41) is 6.37. The minimum atomic E-state index is 0.0255. The number of carbonyl (C=O) groups excluding carboxylic acids is 1. The molecule has 1 aliphatic heterocycles. The number of amides is 1. The van der Waals surface area contributed by atoms with E-state index in [1.54, 1.807) is 0 Å². The van der Waals surface area contributed by atoms with Gasteiger partial charge in [0.15, 0.2) is 0 Å². The van der Waals surface area contributed by atoms with Crippen molar-refractivity contribution in [1.29, 1.82) is 0 Å². The van der Waals surface area contributed by atoms with Crippen molar-refractivity contribution in [2.75, 3.05) is 13.1 Å². The molecular formula is C13H17BrN2O. The lowest BCUT2D eigenvalue weighted by Crippen LogP contribution is -2.45. The quantitative estimate of drug-likeness (QED) is 0.879. The minimum absolute atomic E-state index is 0.0255. The van der Waals surface area contributed by atoms with Crippen LogP contribution in [-0.4, -0.2) is 25.0 Å². The summed E-state index contributed by atoms with van der Waals surface area (Å²) < 4.78 is 0.979. The first-order chi connectivity index (χ1) is 8.18. The summed E-state index contributed by atoms with van der Waals surface area (Å²) in [5.41, 5.74) is 1.75. The molecule has 1 aromatic carbocycles. The summed E-state index contributed by atoms with van der Waals surface area (Å²) >= 11 is 3.45. The molecule has 1 amide bonds. The zero-order valence-electron chi connectivity index (χ0n) is 9.92. The van der Waals surface area contributed by atoms with E-state index in [2.05, 4.69) is 26.6 Å². The largest absolute Gasteiger partial charge is 0.348 e. The number of benzene rings is 1. The van der Waals surface area contributed by atoms with Crippen LogP contribution in [-0.2, 0) is 0 Å². The molecule has 0 bridgehead atoms. The molecule has 92 valence electrons. The van der Waals surface area contributed by atoms with E-state index >= 15 is 0 Å². The normalized spacial score (nSPS) is 20.0. The molecule has 0 unspecified atom stereocenters. The van der Waals surface area contributed by atoms with Gasteiger partial charge in [-0.25, -0.2) is 0 Å². The standard InChI is InChI=1S/C13H17BrN2O/c1-9-11(5-2-6-12(9)14)13(17)16-10-4-3-7-15-8-10/h2,5-6,10,15H,3-4,7-8H2,1H3,(H,16,17)/t10-/m0/s1. The second-order valence-corrected chi connectivity index (χ2v) is 5.28. The Morgan fingerprint density at radius 1 is 1.53 bits per heavy atom. The highest BCUT2D eigenvalue weighted by Crippen LogP contribution is 2.19. The first kappa shape index (κ1) is 12.6. The first-order valence-electron chi connectivity index (χ1n) is 5.95. The molecule has 4 heteroatoms. The number of hydrogen-bond acceptors (Lipinski definition) is 2. The zero-order chi connectivity index (χ0) is 12.3. The molecule has 2 rings (SSSR count). The van der Waals surface area contributed by atoms with Crippen LogP contribution in [0.3, 0.4) is 0 Å². The van der Waals surface area contributed by atoms with Gasteiger partial charge in [-0.05, 0) is 44.0 Å². The van der Waals surface area contributed by atoms with Crippen molar-refractivity contribution in [2.45, 2.75) is 25.8 Å². The van der Waals surface area contributed by atoms with E-state index < -0.39 is 0 Å². The lowest BCUT2D eigenvalue weighted by atomic mass is 10.1. The second kappa shape index (κ2) is 5.65. The van der Waals surface area contributed by atoms with Gasteiger partial charge >= 0.3 is 0 Å². The number of nitrogens with one attached hydrogen (secondary N) is 2. The Kier molecular flexibility index (Phi) is 4.18. The minimum Gasteiger partial charge on any atom is -0.348 e. The molecule has 1 atom stereocenters. The number of halogens is 1. The summed E-state index contributed by atoms with van der Waals surface area (Å²) in [6.07, 6.45) is 2.19. The predicted molar refractivity (Wildman–Crippen MR) is 72.2 cm³/mol. The molecule has 0 radical (unpaired) electrons. The third-order valence-corrected chi connectivity index (χ3v) is 4.00. The van der Waals surface area contributed by atoms with Gasteiger partial charge in [-0.15, -0.1) is 0 Å². The molecule has 1 fully saturated rings. The second-order valence-electron chi connectivity index (χ2n) is 4.43. The SMILES string of the molecule is Cc1c(Br)cccc1C(=O)N[C@H]1CCCNC1. The van der Waals surface area contributed by atoms with Crippen LogP contribution >= 0.6 is 15.9 Å². The molecule has 0 aliphatic carbocycles. The smallest absolute Gasteiger partial charge is 0.251 e. The van der Waals surface area contributed by atoms with Crippen LogP contribution in [0.4, 0.5) is 0 Å². The van der Waals surface area contributed by atoms with Gasteiger partial charge in [0.05, 0.1) is 0 Å². The zero-order valence-corrected chi connectivity index (χ0v) is 11.5. The molecule has 0 spiro atoms. The van der Waals surface area contributed by atoms with E-state index in [-0.39, 0.29) is 11.9 Å². The first-order valence-corrected chi connectivity index (χ1v) is 6.74. The Labute approximate surface area is 110 Å². The number of carbonyl (C=O) groups is 1. The molecule has 1 heterocycles. The summed E-state index contributed by atoms with van der Waals surface area (Å²) in [6, 6.07) is 5.97. The number of hydrogen-bond donors (Lipinski definition) is 2. The average Bonchev–Trinajstić information content (AvgIpc) is 2.34. The van der Waals surface area contributed by atoms with Crippen molar-refractivity contribution >= 4 is 21.8 Å². The lowest BCUT2D eigenvalue weighted by molar-refractivity contribution is 0.0930. The molecule has 3 nitrogen and oxygen atoms in total. The monoisotopic (exact) mass is 296 g/mol. The van der Waals surface area contributed by atoms with E-state index in [0.29, 0.717) is 0 Å². The highest BCUT2D eigenvalue weighted by atomic mass is 79.9. The Hall–Kier alpha value is -0.870. The average molecular weight is 297 g/mol. The summed E-state index contributed by atoms with van der Waals surface area (Å²) in [6.45, 7) is 3.89. The van der Waals surface area contributed by atoms with Crippen LogP contribution < -0.4 is 10.6 Å². The molecule has 1 aliphatic rings. The van der Waals surface area contributed by atoms with Gasteiger partial charge in [0.2, 0.25) is 0 Å². The Bertz CT molecular complexity index is 414. The topological polar surface area (TPSA) is 41.1 Å². The van der Waals surface area contributed by atoms with E-state index in [1.165, 1.54) is 0 Å². The van der Waals surface area contributed by atoms with Crippen LogP contribution in [0.25, 0.3) is 0 Å². The van der Waals surface area contributed by atoms with Crippen molar-refractivity contribution in [2.24, 2.45) is 0 Å². The van der Waals surface area contributed by atoms with E-state index in [9.17, 15) is 4.79 Å². The van der Waals surface area contributed by atoms with E-state index in [0.717, 1.165) is 41.5 Å². The van der Waals surface area contributed by atoms with Crippen molar-refractivity contribution in [3.8, 4) is 0 Å². The van der Waals surface area contributed by atoms with E-state index in [4.69, 9.17) is 0 Å². The highest BCUT2D eigenvalue weighted by molar-refractivity contribution is 9.10. The number of piperidine rings is 1. The van der Waals surface area contributed by atoms with E-state index in [1.807, 2.05) is 25.1 Å². The number of rotatable bonds is 2. The van der Waals surface area contributed by atoms with Gasteiger partial charge in [0, 0.05) is 22.6 Å². The van der Waals surface area contributed by atoms with Crippen molar-refractivity contribution < 1.29 is 4.79 Å².